The lowest BCUT2D eigenvalue weighted by atomic mass is 9.94. The molecular weight excluding hydrogens is 362 g/mol. The summed E-state index contributed by atoms with van der Waals surface area (Å²) in [6.45, 7) is 0. The van der Waals surface area contributed by atoms with E-state index in [9.17, 15) is 4.39 Å². The van der Waals surface area contributed by atoms with E-state index in [0.29, 0.717) is 5.92 Å². The van der Waals surface area contributed by atoms with Crippen molar-refractivity contribution in [3.63, 3.8) is 0 Å². The number of hydrogen-bond donors (Lipinski definition) is 0. The standard InChI is InChI=1S/C16H14BrCl2F/c17-10-13(7-11-1-4-14(18)5-2-11)8-12-3-6-16(20)15(19)9-12/h1-6,9,13H,7-8,10H2. The number of hydrogen-bond acceptors (Lipinski definition) is 0. The van der Waals surface area contributed by atoms with E-state index in [4.69, 9.17) is 23.2 Å². The third kappa shape index (κ3) is 4.47. The predicted octanol–water partition coefficient (Wildman–Crippen LogP) is 5.93. The van der Waals surface area contributed by atoms with Gasteiger partial charge in [0.1, 0.15) is 5.82 Å². The van der Waals surface area contributed by atoms with Crippen molar-refractivity contribution >= 4 is 39.1 Å². The highest BCUT2D eigenvalue weighted by Crippen LogP contribution is 2.22. The Bertz CT molecular complexity index is 569. The first-order valence-corrected chi connectivity index (χ1v) is 8.20. The van der Waals surface area contributed by atoms with Crippen molar-refractivity contribution in [1.29, 1.82) is 0 Å². The minimum atomic E-state index is -0.372. The molecule has 0 aliphatic carbocycles. The Morgan fingerprint density at radius 2 is 1.55 bits per heavy atom. The van der Waals surface area contributed by atoms with Crippen LogP contribution in [0.4, 0.5) is 4.39 Å². The average Bonchev–Trinajstić information content (AvgIpc) is 2.44. The molecule has 2 aromatic rings. The van der Waals surface area contributed by atoms with E-state index in [1.807, 2.05) is 24.3 Å². The van der Waals surface area contributed by atoms with Gasteiger partial charge in [-0.2, -0.15) is 0 Å². The minimum Gasteiger partial charge on any atom is -0.205 e. The van der Waals surface area contributed by atoms with Crippen LogP contribution < -0.4 is 0 Å². The van der Waals surface area contributed by atoms with Crippen molar-refractivity contribution in [1.82, 2.24) is 0 Å². The molecule has 0 aliphatic heterocycles. The first kappa shape index (κ1) is 15.8. The van der Waals surface area contributed by atoms with E-state index in [0.717, 1.165) is 28.8 Å². The first-order valence-electron chi connectivity index (χ1n) is 6.33. The monoisotopic (exact) mass is 374 g/mol. The Labute approximate surface area is 137 Å². The molecule has 0 bridgehead atoms. The lowest BCUT2D eigenvalue weighted by Gasteiger charge is -2.14. The van der Waals surface area contributed by atoms with Crippen LogP contribution in [0.1, 0.15) is 11.1 Å². The molecule has 0 saturated carbocycles. The van der Waals surface area contributed by atoms with Gasteiger partial charge in [-0.05, 0) is 54.2 Å². The SMILES string of the molecule is Fc1ccc(CC(CBr)Cc2ccc(Cl)cc2)cc1Cl. The van der Waals surface area contributed by atoms with Gasteiger partial charge in [0.05, 0.1) is 5.02 Å². The zero-order chi connectivity index (χ0) is 14.5. The number of halogens is 4. The molecule has 106 valence electrons. The summed E-state index contributed by atoms with van der Waals surface area (Å²) in [5.41, 5.74) is 2.29. The van der Waals surface area contributed by atoms with E-state index in [1.165, 1.54) is 11.6 Å². The van der Waals surface area contributed by atoms with Crippen LogP contribution >= 0.6 is 39.1 Å². The fourth-order valence-corrected chi connectivity index (χ4v) is 2.92. The van der Waals surface area contributed by atoms with E-state index in [1.54, 1.807) is 12.1 Å². The zero-order valence-electron chi connectivity index (χ0n) is 10.8. The van der Waals surface area contributed by atoms with E-state index < -0.39 is 0 Å². The van der Waals surface area contributed by atoms with Crippen LogP contribution in [-0.4, -0.2) is 5.33 Å². The molecule has 1 atom stereocenters. The van der Waals surface area contributed by atoms with Gasteiger partial charge in [-0.15, -0.1) is 0 Å². The van der Waals surface area contributed by atoms with Crippen molar-refractivity contribution in [3.8, 4) is 0 Å². The van der Waals surface area contributed by atoms with Crippen LogP contribution in [0.15, 0.2) is 42.5 Å². The average molecular weight is 376 g/mol. The Morgan fingerprint density at radius 1 is 0.950 bits per heavy atom. The Kier molecular flexibility index (Phi) is 5.88. The molecule has 2 aromatic carbocycles. The molecule has 0 amide bonds. The topological polar surface area (TPSA) is 0 Å². The molecule has 0 aliphatic rings. The molecule has 0 aromatic heterocycles. The van der Waals surface area contributed by atoms with Gasteiger partial charge in [0.25, 0.3) is 0 Å². The van der Waals surface area contributed by atoms with Crippen molar-refractivity contribution in [2.45, 2.75) is 12.8 Å². The summed E-state index contributed by atoms with van der Waals surface area (Å²) in [7, 11) is 0. The predicted molar refractivity (Wildman–Crippen MR) is 87.6 cm³/mol. The van der Waals surface area contributed by atoms with Crippen LogP contribution in [-0.2, 0) is 12.8 Å². The van der Waals surface area contributed by atoms with E-state index >= 15 is 0 Å². The maximum Gasteiger partial charge on any atom is 0.141 e. The summed E-state index contributed by atoms with van der Waals surface area (Å²) in [5.74, 6) is 0.0567. The van der Waals surface area contributed by atoms with Gasteiger partial charge >= 0.3 is 0 Å². The molecule has 0 spiro atoms. The lowest BCUT2D eigenvalue weighted by Crippen LogP contribution is -2.10. The third-order valence-corrected chi connectivity index (χ3v) is 4.62. The van der Waals surface area contributed by atoms with Gasteiger partial charge in [0.2, 0.25) is 0 Å². The van der Waals surface area contributed by atoms with Gasteiger partial charge in [-0.1, -0.05) is 57.3 Å². The van der Waals surface area contributed by atoms with Crippen LogP contribution in [0.25, 0.3) is 0 Å². The highest BCUT2D eigenvalue weighted by Gasteiger charge is 2.11. The fraction of sp³-hybridized carbons (Fsp3) is 0.250. The molecule has 20 heavy (non-hydrogen) atoms. The van der Waals surface area contributed by atoms with Crippen molar-refractivity contribution in [2.75, 3.05) is 5.33 Å². The van der Waals surface area contributed by atoms with E-state index in [-0.39, 0.29) is 10.8 Å². The molecule has 2 rings (SSSR count). The smallest absolute Gasteiger partial charge is 0.141 e. The van der Waals surface area contributed by atoms with Crippen LogP contribution in [0.5, 0.6) is 0 Å². The molecular formula is C16H14BrCl2F. The Morgan fingerprint density at radius 3 is 2.15 bits per heavy atom. The van der Waals surface area contributed by atoms with Crippen LogP contribution in [0.3, 0.4) is 0 Å². The van der Waals surface area contributed by atoms with Crippen LogP contribution in [0.2, 0.25) is 10.0 Å². The summed E-state index contributed by atoms with van der Waals surface area (Å²) in [6, 6.07) is 12.8. The molecule has 0 fully saturated rings. The van der Waals surface area contributed by atoms with Crippen LogP contribution in [0, 0.1) is 11.7 Å². The summed E-state index contributed by atoms with van der Waals surface area (Å²) in [4.78, 5) is 0. The van der Waals surface area contributed by atoms with Gasteiger partial charge in [-0.25, -0.2) is 4.39 Å². The number of alkyl halides is 1. The highest BCUT2D eigenvalue weighted by atomic mass is 79.9. The molecule has 4 heteroatoms. The van der Waals surface area contributed by atoms with Gasteiger partial charge in [0, 0.05) is 10.4 Å². The minimum absolute atomic E-state index is 0.183. The lowest BCUT2D eigenvalue weighted by molar-refractivity contribution is 0.588. The van der Waals surface area contributed by atoms with Gasteiger partial charge in [0.15, 0.2) is 0 Å². The second-order valence-corrected chi connectivity index (χ2v) is 6.29. The quantitative estimate of drug-likeness (QED) is 0.568. The third-order valence-electron chi connectivity index (χ3n) is 3.16. The highest BCUT2D eigenvalue weighted by molar-refractivity contribution is 9.09. The molecule has 0 N–H and O–H groups in total. The maximum atomic E-state index is 13.1. The Balaban J connectivity index is 2.04. The molecule has 0 nitrogen and oxygen atoms in total. The molecule has 0 radical (unpaired) electrons. The summed E-state index contributed by atoms with van der Waals surface area (Å²) in [6.07, 6.45) is 1.80. The molecule has 1 unspecified atom stereocenters. The number of rotatable bonds is 5. The summed E-state index contributed by atoms with van der Waals surface area (Å²) in [5, 5.41) is 1.81. The fourth-order valence-electron chi connectivity index (χ4n) is 2.14. The second-order valence-electron chi connectivity index (χ2n) is 4.80. The molecule has 0 saturated heterocycles. The van der Waals surface area contributed by atoms with Gasteiger partial charge < -0.3 is 0 Å². The van der Waals surface area contributed by atoms with Crippen molar-refractivity contribution in [3.05, 3.63) is 69.5 Å². The summed E-state index contributed by atoms with van der Waals surface area (Å²) >= 11 is 15.2. The van der Waals surface area contributed by atoms with Crippen molar-refractivity contribution in [2.24, 2.45) is 5.92 Å². The Hall–Kier alpha value is -0.570. The number of benzene rings is 2. The van der Waals surface area contributed by atoms with Gasteiger partial charge in [-0.3, -0.25) is 0 Å². The normalized spacial score (nSPS) is 12.4. The largest absolute Gasteiger partial charge is 0.205 e. The van der Waals surface area contributed by atoms with Crippen molar-refractivity contribution < 1.29 is 4.39 Å². The second kappa shape index (κ2) is 7.44. The zero-order valence-corrected chi connectivity index (χ0v) is 13.8. The van der Waals surface area contributed by atoms with E-state index in [2.05, 4.69) is 15.9 Å². The molecule has 0 heterocycles. The summed E-state index contributed by atoms with van der Waals surface area (Å²) < 4.78 is 13.1. The maximum absolute atomic E-state index is 13.1. The first-order chi connectivity index (χ1) is 9.58.